The van der Waals surface area contributed by atoms with E-state index >= 15 is 0 Å². The summed E-state index contributed by atoms with van der Waals surface area (Å²) in [6.45, 7) is 0.395. The fourth-order valence-corrected chi connectivity index (χ4v) is 1.99. The number of anilines is 1. The third-order valence-corrected chi connectivity index (χ3v) is 3.02. The second-order valence-corrected chi connectivity index (χ2v) is 4.87. The lowest BCUT2D eigenvalue weighted by atomic mass is 10.1. The molecule has 2 rings (SSSR count). The molecule has 0 aliphatic carbocycles. The Morgan fingerprint density at radius 1 is 1.10 bits per heavy atom. The third-order valence-electron chi connectivity index (χ3n) is 2.60. The van der Waals surface area contributed by atoms with Gasteiger partial charge in [0, 0.05) is 16.8 Å². The molecule has 0 radical (unpaired) electrons. The number of benzene rings is 1. The summed E-state index contributed by atoms with van der Waals surface area (Å²) < 4.78 is 5.95. The Kier molecular flexibility index (Phi) is 4.09. The molecule has 0 unspecified atom stereocenters. The fourth-order valence-electron chi connectivity index (χ4n) is 1.65. The van der Waals surface area contributed by atoms with Crippen molar-refractivity contribution in [2.75, 3.05) is 5.32 Å². The fraction of sp³-hybridized carbons (Fsp3) is 0.0769. The molecule has 20 heavy (non-hydrogen) atoms. The van der Waals surface area contributed by atoms with Crippen molar-refractivity contribution in [3.63, 3.8) is 0 Å². The first-order valence-electron chi connectivity index (χ1n) is 5.68. The average Bonchev–Trinajstić information content (AvgIpc) is 2.81. The smallest absolute Gasteiger partial charge is 0.248 e. The zero-order chi connectivity index (χ0) is 14.7. The Labute approximate surface area is 123 Å². The number of halogens is 1. The molecule has 0 atom stereocenters. The van der Waals surface area contributed by atoms with Crippen LogP contribution < -0.4 is 16.8 Å². The molecule has 1 aromatic carbocycles. The Morgan fingerprint density at radius 2 is 1.70 bits per heavy atom. The third kappa shape index (κ3) is 3.39. The van der Waals surface area contributed by atoms with Crippen molar-refractivity contribution in [2.24, 2.45) is 11.5 Å². The molecule has 5 N–H and O–H groups in total. The molecular weight excluding hydrogens is 326 g/mol. The van der Waals surface area contributed by atoms with Crippen molar-refractivity contribution >= 4 is 33.4 Å². The Bertz CT molecular complexity index is 634. The van der Waals surface area contributed by atoms with Crippen molar-refractivity contribution in [1.82, 2.24) is 0 Å². The standard InChI is InChI=1S/C13H12BrN3O3/c14-11-2-1-10(20-11)6-17-9-4-7(12(15)18)3-8(5-9)13(16)19/h1-5,17H,6H2,(H2,15,18)(H2,16,19). The van der Waals surface area contributed by atoms with E-state index in [1.54, 1.807) is 24.3 Å². The Hall–Kier alpha value is -2.28. The van der Waals surface area contributed by atoms with E-state index in [2.05, 4.69) is 21.2 Å². The summed E-state index contributed by atoms with van der Waals surface area (Å²) in [6.07, 6.45) is 0. The van der Waals surface area contributed by atoms with Gasteiger partial charge < -0.3 is 21.2 Å². The van der Waals surface area contributed by atoms with Crippen molar-refractivity contribution in [2.45, 2.75) is 6.54 Å². The van der Waals surface area contributed by atoms with Crippen LogP contribution in [0.2, 0.25) is 0 Å². The molecule has 0 aliphatic heterocycles. The van der Waals surface area contributed by atoms with E-state index in [0.29, 0.717) is 22.7 Å². The van der Waals surface area contributed by atoms with Crippen LogP contribution in [0, 0.1) is 0 Å². The molecular formula is C13H12BrN3O3. The van der Waals surface area contributed by atoms with Gasteiger partial charge in [0.05, 0.1) is 6.54 Å². The summed E-state index contributed by atoms with van der Waals surface area (Å²) in [4.78, 5) is 22.4. The first-order chi connectivity index (χ1) is 9.45. The molecule has 0 saturated heterocycles. The van der Waals surface area contributed by atoms with E-state index in [-0.39, 0.29) is 11.1 Å². The lowest BCUT2D eigenvalue weighted by Gasteiger charge is -2.08. The number of nitrogens with one attached hydrogen (secondary N) is 1. The minimum atomic E-state index is -0.628. The second kappa shape index (κ2) is 5.79. The van der Waals surface area contributed by atoms with E-state index in [1.807, 2.05) is 0 Å². The average molecular weight is 338 g/mol. The number of nitrogens with two attached hydrogens (primary N) is 2. The van der Waals surface area contributed by atoms with Gasteiger partial charge in [-0.3, -0.25) is 9.59 Å². The summed E-state index contributed by atoms with van der Waals surface area (Å²) in [7, 11) is 0. The number of amides is 2. The van der Waals surface area contributed by atoms with Crippen molar-refractivity contribution < 1.29 is 14.0 Å². The zero-order valence-electron chi connectivity index (χ0n) is 10.4. The van der Waals surface area contributed by atoms with Gasteiger partial charge in [0.15, 0.2) is 4.67 Å². The van der Waals surface area contributed by atoms with Gasteiger partial charge in [-0.05, 0) is 46.3 Å². The summed E-state index contributed by atoms with van der Waals surface area (Å²) in [5, 5.41) is 3.03. The molecule has 1 aromatic heterocycles. The van der Waals surface area contributed by atoms with Crippen LogP contribution in [0.15, 0.2) is 39.4 Å². The first-order valence-corrected chi connectivity index (χ1v) is 6.48. The van der Waals surface area contributed by atoms with Crippen LogP contribution in [0.1, 0.15) is 26.5 Å². The molecule has 0 bridgehead atoms. The Balaban J connectivity index is 2.21. The monoisotopic (exact) mass is 337 g/mol. The highest BCUT2D eigenvalue weighted by Gasteiger charge is 2.09. The summed E-state index contributed by atoms with van der Waals surface area (Å²) >= 11 is 3.20. The summed E-state index contributed by atoms with van der Waals surface area (Å²) in [5.41, 5.74) is 11.4. The topological polar surface area (TPSA) is 111 Å². The van der Waals surface area contributed by atoms with Crippen LogP contribution in [-0.4, -0.2) is 11.8 Å². The number of hydrogen-bond acceptors (Lipinski definition) is 4. The number of hydrogen-bond donors (Lipinski definition) is 3. The Morgan fingerprint density at radius 3 is 2.15 bits per heavy atom. The molecule has 2 amide bonds. The van der Waals surface area contributed by atoms with Crippen LogP contribution in [0.3, 0.4) is 0 Å². The lowest BCUT2D eigenvalue weighted by molar-refractivity contribution is 0.0999. The predicted octanol–water partition coefficient (Wildman–Crippen LogP) is 1.85. The predicted molar refractivity (Wildman–Crippen MR) is 77.2 cm³/mol. The van der Waals surface area contributed by atoms with E-state index < -0.39 is 11.8 Å². The van der Waals surface area contributed by atoms with Gasteiger partial charge >= 0.3 is 0 Å². The number of rotatable bonds is 5. The van der Waals surface area contributed by atoms with E-state index in [9.17, 15) is 9.59 Å². The minimum Gasteiger partial charge on any atom is -0.452 e. The minimum absolute atomic E-state index is 0.212. The molecule has 0 fully saturated rings. The van der Waals surface area contributed by atoms with Crippen molar-refractivity contribution in [3.8, 4) is 0 Å². The van der Waals surface area contributed by atoms with Crippen LogP contribution in [0.25, 0.3) is 0 Å². The SMILES string of the molecule is NC(=O)c1cc(NCc2ccc(Br)o2)cc(C(N)=O)c1. The van der Waals surface area contributed by atoms with E-state index in [0.717, 1.165) is 0 Å². The number of furan rings is 1. The highest BCUT2D eigenvalue weighted by Crippen LogP contribution is 2.18. The van der Waals surface area contributed by atoms with E-state index in [4.69, 9.17) is 15.9 Å². The van der Waals surface area contributed by atoms with Gasteiger partial charge in [0.2, 0.25) is 11.8 Å². The maximum absolute atomic E-state index is 11.2. The molecule has 0 aliphatic rings. The van der Waals surface area contributed by atoms with Gasteiger partial charge in [-0.2, -0.15) is 0 Å². The molecule has 0 saturated carbocycles. The van der Waals surface area contributed by atoms with E-state index in [1.165, 1.54) is 6.07 Å². The quantitative estimate of drug-likeness (QED) is 0.772. The number of primary amides is 2. The van der Waals surface area contributed by atoms with Gasteiger partial charge in [0.25, 0.3) is 0 Å². The molecule has 7 heteroatoms. The van der Waals surface area contributed by atoms with Crippen molar-refractivity contribution in [1.29, 1.82) is 0 Å². The zero-order valence-corrected chi connectivity index (χ0v) is 11.9. The summed E-state index contributed by atoms with van der Waals surface area (Å²) in [6, 6.07) is 8.02. The lowest BCUT2D eigenvalue weighted by Crippen LogP contribution is -2.16. The number of carbonyl (C=O) groups is 2. The van der Waals surface area contributed by atoms with Crippen LogP contribution in [0.5, 0.6) is 0 Å². The highest BCUT2D eigenvalue weighted by atomic mass is 79.9. The van der Waals surface area contributed by atoms with Gasteiger partial charge in [-0.25, -0.2) is 0 Å². The molecule has 2 aromatic rings. The molecule has 6 nitrogen and oxygen atoms in total. The van der Waals surface area contributed by atoms with Gasteiger partial charge in [-0.15, -0.1) is 0 Å². The summed E-state index contributed by atoms with van der Waals surface area (Å²) in [5.74, 6) is -0.559. The van der Waals surface area contributed by atoms with Crippen LogP contribution in [-0.2, 0) is 6.54 Å². The second-order valence-electron chi connectivity index (χ2n) is 4.09. The van der Waals surface area contributed by atoms with Gasteiger partial charge in [-0.1, -0.05) is 0 Å². The maximum Gasteiger partial charge on any atom is 0.248 e. The molecule has 104 valence electrons. The normalized spacial score (nSPS) is 10.2. The number of carbonyl (C=O) groups excluding carboxylic acids is 2. The van der Waals surface area contributed by atoms with Crippen molar-refractivity contribution in [3.05, 3.63) is 51.9 Å². The molecule has 0 spiro atoms. The molecule has 1 heterocycles. The van der Waals surface area contributed by atoms with Crippen LogP contribution in [0.4, 0.5) is 5.69 Å². The largest absolute Gasteiger partial charge is 0.452 e. The maximum atomic E-state index is 11.2. The first kappa shape index (κ1) is 14.1. The highest BCUT2D eigenvalue weighted by molar-refractivity contribution is 9.10. The van der Waals surface area contributed by atoms with Gasteiger partial charge in [0.1, 0.15) is 5.76 Å². The van der Waals surface area contributed by atoms with Crippen LogP contribution >= 0.6 is 15.9 Å².